The average Bonchev–Trinajstić information content (AvgIpc) is 3.01. The first-order chi connectivity index (χ1) is 11.6. The van der Waals surface area contributed by atoms with Crippen LogP contribution in [0.3, 0.4) is 0 Å². The van der Waals surface area contributed by atoms with Crippen molar-refractivity contribution in [2.45, 2.75) is 19.3 Å². The van der Waals surface area contributed by atoms with Gasteiger partial charge in [0.15, 0.2) is 0 Å². The molecule has 3 aromatic rings. The maximum Gasteiger partial charge on any atom is 0.202 e. The lowest BCUT2D eigenvalue weighted by atomic mass is 10.0. The van der Waals surface area contributed by atoms with Crippen LogP contribution in [-0.2, 0) is 6.42 Å². The van der Waals surface area contributed by atoms with Crippen molar-refractivity contribution in [1.29, 1.82) is 0 Å². The fraction of sp³-hybridized carbons (Fsp3) is 0.222. The van der Waals surface area contributed by atoms with Crippen LogP contribution in [-0.4, -0.2) is 21.0 Å². The average molecular weight is 343 g/mol. The molecule has 0 saturated carbocycles. The number of benzene rings is 2. The van der Waals surface area contributed by atoms with Gasteiger partial charge in [-0.25, -0.2) is 9.37 Å². The number of phenols is 1. The SMILES string of the molecule is C[C@H](CNc1nc(Cc2cccc(O)c2)ns1)c1ccc(F)cc1. The third-order valence-corrected chi connectivity index (χ3v) is 4.45. The molecule has 0 spiro atoms. The Balaban J connectivity index is 1.57. The second kappa shape index (κ2) is 7.40. The van der Waals surface area contributed by atoms with Crippen molar-refractivity contribution < 1.29 is 9.50 Å². The number of hydrogen-bond acceptors (Lipinski definition) is 5. The second-order valence-corrected chi connectivity index (χ2v) is 6.45. The van der Waals surface area contributed by atoms with Gasteiger partial charge < -0.3 is 10.4 Å². The maximum absolute atomic E-state index is 13.0. The van der Waals surface area contributed by atoms with E-state index in [0.717, 1.165) is 22.1 Å². The summed E-state index contributed by atoms with van der Waals surface area (Å²) < 4.78 is 17.3. The minimum atomic E-state index is -0.223. The molecule has 1 aromatic heterocycles. The van der Waals surface area contributed by atoms with E-state index in [2.05, 4.69) is 21.6 Å². The standard InChI is InChI=1S/C18H18FN3OS/c1-12(14-5-7-15(19)8-6-14)11-20-18-21-17(22-24-18)10-13-3-2-4-16(23)9-13/h2-9,12,23H,10-11H2,1H3,(H,20,21,22)/t12-/m1/s1. The lowest BCUT2D eigenvalue weighted by Gasteiger charge is -2.12. The summed E-state index contributed by atoms with van der Waals surface area (Å²) >= 11 is 1.32. The number of rotatable bonds is 6. The van der Waals surface area contributed by atoms with Crippen LogP contribution < -0.4 is 5.32 Å². The molecule has 24 heavy (non-hydrogen) atoms. The Kier molecular flexibility index (Phi) is 5.05. The third-order valence-electron chi connectivity index (χ3n) is 3.74. The van der Waals surface area contributed by atoms with Gasteiger partial charge in [-0.05, 0) is 41.3 Å². The van der Waals surface area contributed by atoms with Crippen LogP contribution in [0.25, 0.3) is 0 Å². The topological polar surface area (TPSA) is 58.0 Å². The van der Waals surface area contributed by atoms with Crippen LogP contribution in [0, 0.1) is 5.82 Å². The summed E-state index contributed by atoms with van der Waals surface area (Å²) in [6, 6.07) is 13.6. The Bertz CT molecular complexity index is 804. The molecule has 3 rings (SSSR count). The van der Waals surface area contributed by atoms with Crippen molar-refractivity contribution in [2.75, 3.05) is 11.9 Å². The molecule has 2 N–H and O–H groups in total. The highest BCUT2D eigenvalue weighted by Crippen LogP contribution is 2.20. The number of nitrogens with zero attached hydrogens (tertiary/aromatic N) is 2. The van der Waals surface area contributed by atoms with E-state index >= 15 is 0 Å². The van der Waals surface area contributed by atoms with E-state index in [-0.39, 0.29) is 17.5 Å². The number of halogens is 1. The molecule has 6 heteroatoms. The smallest absolute Gasteiger partial charge is 0.202 e. The van der Waals surface area contributed by atoms with Crippen molar-refractivity contribution in [2.24, 2.45) is 0 Å². The van der Waals surface area contributed by atoms with E-state index in [1.807, 2.05) is 6.07 Å². The van der Waals surface area contributed by atoms with E-state index in [1.165, 1.54) is 23.7 Å². The molecule has 0 unspecified atom stereocenters. The molecule has 0 bridgehead atoms. The van der Waals surface area contributed by atoms with Crippen molar-refractivity contribution >= 4 is 16.7 Å². The lowest BCUT2D eigenvalue weighted by molar-refractivity contribution is 0.474. The molecule has 2 aromatic carbocycles. The van der Waals surface area contributed by atoms with Gasteiger partial charge in [0.05, 0.1) is 0 Å². The Morgan fingerprint density at radius 1 is 1.21 bits per heavy atom. The first kappa shape index (κ1) is 16.4. The van der Waals surface area contributed by atoms with Gasteiger partial charge in [0, 0.05) is 24.5 Å². The Morgan fingerprint density at radius 2 is 2.00 bits per heavy atom. The van der Waals surface area contributed by atoms with Crippen LogP contribution >= 0.6 is 11.5 Å². The largest absolute Gasteiger partial charge is 0.508 e. The fourth-order valence-electron chi connectivity index (χ4n) is 2.40. The third kappa shape index (κ3) is 4.29. The van der Waals surface area contributed by atoms with Gasteiger partial charge in [0.2, 0.25) is 5.13 Å². The fourth-order valence-corrected chi connectivity index (χ4v) is 2.99. The highest BCUT2D eigenvalue weighted by Gasteiger charge is 2.09. The summed E-state index contributed by atoms with van der Waals surface area (Å²) in [6.45, 7) is 2.78. The van der Waals surface area contributed by atoms with Crippen LogP contribution in [0.4, 0.5) is 9.52 Å². The summed E-state index contributed by atoms with van der Waals surface area (Å²) in [7, 11) is 0. The zero-order chi connectivity index (χ0) is 16.9. The minimum Gasteiger partial charge on any atom is -0.508 e. The molecule has 0 aliphatic carbocycles. The predicted molar refractivity (Wildman–Crippen MR) is 94.1 cm³/mol. The maximum atomic E-state index is 13.0. The van der Waals surface area contributed by atoms with Gasteiger partial charge in [-0.15, -0.1) is 0 Å². The van der Waals surface area contributed by atoms with Crippen LogP contribution in [0.1, 0.15) is 29.8 Å². The molecule has 1 heterocycles. The summed E-state index contributed by atoms with van der Waals surface area (Å²) in [4.78, 5) is 4.47. The zero-order valence-corrected chi connectivity index (χ0v) is 14.1. The van der Waals surface area contributed by atoms with Crippen LogP contribution in [0.15, 0.2) is 48.5 Å². The quantitative estimate of drug-likeness (QED) is 0.705. The second-order valence-electron chi connectivity index (χ2n) is 5.70. The van der Waals surface area contributed by atoms with Gasteiger partial charge in [0.1, 0.15) is 17.4 Å². The number of hydrogen-bond donors (Lipinski definition) is 2. The first-order valence-corrected chi connectivity index (χ1v) is 8.47. The van der Waals surface area contributed by atoms with Gasteiger partial charge >= 0.3 is 0 Å². The van der Waals surface area contributed by atoms with Gasteiger partial charge in [-0.3, -0.25) is 0 Å². The van der Waals surface area contributed by atoms with E-state index in [1.54, 1.807) is 30.3 Å². The van der Waals surface area contributed by atoms with Crippen molar-refractivity contribution in [3.05, 3.63) is 71.3 Å². The number of anilines is 1. The van der Waals surface area contributed by atoms with Crippen molar-refractivity contribution in [3.63, 3.8) is 0 Å². The molecule has 124 valence electrons. The number of phenolic OH excluding ortho intramolecular Hbond substituents is 1. The van der Waals surface area contributed by atoms with E-state index in [9.17, 15) is 9.50 Å². The number of nitrogens with one attached hydrogen (secondary N) is 1. The molecule has 0 saturated heterocycles. The Labute approximate surface area is 144 Å². The highest BCUT2D eigenvalue weighted by molar-refractivity contribution is 7.09. The predicted octanol–water partition coefficient (Wildman–Crippen LogP) is 4.19. The van der Waals surface area contributed by atoms with Gasteiger partial charge in [0.25, 0.3) is 0 Å². The summed E-state index contributed by atoms with van der Waals surface area (Å²) in [6.07, 6.45) is 0.583. The van der Waals surface area contributed by atoms with Crippen LogP contribution in [0.2, 0.25) is 0 Å². The normalized spacial score (nSPS) is 12.1. The van der Waals surface area contributed by atoms with Gasteiger partial charge in [-0.1, -0.05) is 31.2 Å². The molecular weight excluding hydrogens is 325 g/mol. The monoisotopic (exact) mass is 343 g/mol. The summed E-state index contributed by atoms with van der Waals surface area (Å²) in [5.41, 5.74) is 2.05. The summed E-state index contributed by atoms with van der Waals surface area (Å²) in [5.74, 6) is 0.986. The van der Waals surface area contributed by atoms with Crippen molar-refractivity contribution in [3.8, 4) is 5.75 Å². The molecule has 4 nitrogen and oxygen atoms in total. The van der Waals surface area contributed by atoms with E-state index in [0.29, 0.717) is 13.0 Å². The molecule has 0 fully saturated rings. The Morgan fingerprint density at radius 3 is 2.75 bits per heavy atom. The molecule has 0 aliphatic heterocycles. The van der Waals surface area contributed by atoms with Crippen LogP contribution in [0.5, 0.6) is 5.75 Å². The zero-order valence-electron chi connectivity index (χ0n) is 13.2. The molecular formula is C18H18FN3OS. The summed E-state index contributed by atoms with van der Waals surface area (Å²) in [5, 5.41) is 13.5. The highest BCUT2D eigenvalue weighted by atomic mass is 32.1. The van der Waals surface area contributed by atoms with E-state index < -0.39 is 0 Å². The van der Waals surface area contributed by atoms with Gasteiger partial charge in [-0.2, -0.15) is 4.37 Å². The van der Waals surface area contributed by atoms with Crippen molar-refractivity contribution in [1.82, 2.24) is 9.36 Å². The molecule has 0 amide bonds. The minimum absolute atomic E-state index is 0.223. The first-order valence-electron chi connectivity index (χ1n) is 7.70. The molecule has 0 aliphatic rings. The molecule has 0 radical (unpaired) electrons. The lowest BCUT2D eigenvalue weighted by Crippen LogP contribution is -2.09. The Hall–Kier alpha value is -2.47. The number of aromatic hydroxyl groups is 1. The molecule has 1 atom stereocenters. The number of aromatic nitrogens is 2. The van der Waals surface area contributed by atoms with E-state index in [4.69, 9.17) is 0 Å².